The Morgan fingerprint density at radius 2 is 2.17 bits per heavy atom. The zero-order chi connectivity index (χ0) is 16.7. The van der Waals surface area contributed by atoms with Crippen LogP contribution in [-0.4, -0.2) is 46.2 Å². The molecule has 0 radical (unpaired) electrons. The van der Waals surface area contributed by atoms with Crippen molar-refractivity contribution in [2.45, 2.75) is 51.6 Å². The van der Waals surface area contributed by atoms with Gasteiger partial charge in [-0.2, -0.15) is 5.10 Å². The van der Waals surface area contributed by atoms with Crippen molar-refractivity contribution in [1.29, 1.82) is 0 Å². The van der Waals surface area contributed by atoms with Gasteiger partial charge >= 0.3 is 0 Å². The van der Waals surface area contributed by atoms with Crippen LogP contribution in [0.25, 0.3) is 10.9 Å². The number of hydrogen-bond acceptors (Lipinski definition) is 3. The summed E-state index contributed by atoms with van der Waals surface area (Å²) in [6.45, 7) is 6.74. The van der Waals surface area contributed by atoms with Crippen LogP contribution in [0.15, 0.2) is 18.2 Å². The fraction of sp³-hybridized carbons (Fsp3) is 0.579. The Morgan fingerprint density at radius 1 is 1.38 bits per heavy atom. The van der Waals surface area contributed by atoms with Crippen LogP contribution in [0.2, 0.25) is 0 Å². The normalized spacial score (nSPS) is 29.1. The van der Waals surface area contributed by atoms with Gasteiger partial charge in [0.15, 0.2) is 0 Å². The lowest BCUT2D eigenvalue weighted by Gasteiger charge is -2.50. The number of aromatic amines is 1. The summed E-state index contributed by atoms with van der Waals surface area (Å²) in [6.07, 6.45) is 3.80. The number of H-pyrrole nitrogens is 1. The maximum absolute atomic E-state index is 12.6. The Balaban J connectivity index is 1.46. The van der Waals surface area contributed by atoms with E-state index in [1.54, 1.807) is 0 Å². The molecule has 4 heterocycles. The molecule has 2 N–H and O–H groups in total. The molecule has 5 rings (SSSR count). The van der Waals surface area contributed by atoms with Gasteiger partial charge in [0.05, 0.1) is 11.9 Å². The first-order valence-electron chi connectivity index (χ1n) is 9.15. The van der Waals surface area contributed by atoms with Gasteiger partial charge in [-0.25, -0.2) is 0 Å². The molecule has 2 bridgehead atoms. The van der Waals surface area contributed by atoms with Crippen LogP contribution in [0.1, 0.15) is 37.9 Å². The summed E-state index contributed by atoms with van der Waals surface area (Å²) in [5, 5.41) is 11.8. The number of nitrogens with one attached hydrogen (secondary N) is 2. The summed E-state index contributed by atoms with van der Waals surface area (Å²) in [4.78, 5) is 15.1. The van der Waals surface area contributed by atoms with Gasteiger partial charge < -0.3 is 5.32 Å². The summed E-state index contributed by atoms with van der Waals surface area (Å²) in [7, 11) is 0. The molecule has 5 heteroatoms. The molecule has 3 fully saturated rings. The molecule has 5 nitrogen and oxygen atoms in total. The number of benzene rings is 1. The van der Waals surface area contributed by atoms with E-state index in [9.17, 15) is 4.79 Å². The van der Waals surface area contributed by atoms with Gasteiger partial charge in [0.25, 0.3) is 0 Å². The van der Waals surface area contributed by atoms with Gasteiger partial charge in [0.1, 0.15) is 0 Å². The second kappa shape index (κ2) is 6.20. The molecule has 128 valence electrons. The third-order valence-corrected chi connectivity index (χ3v) is 5.92. The van der Waals surface area contributed by atoms with Gasteiger partial charge in [0, 0.05) is 23.2 Å². The minimum absolute atomic E-state index is 0.140. The van der Waals surface area contributed by atoms with E-state index in [0.717, 1.165) is 28.6 Å². The minimum atomic E-state index is 0.140. The summed E-state index contributed by atoms with van der Waals surface area (Å²) in [5.74, 6) is 0.790. The van der Waals surface area contributed by atoms with E-state index < -0.39 is 0 Å². The second-order valence-electron chi connectivity index (χ2n) is 7.29. The van der Waals surface area contributed by atoms with Gasteiger partial charge in [-0.15, -0.1) is 0 Å². The average Bonchev–Trinajstić information content (AvgIpc) is 3.01. The topological polar surface area (TPSA) is 61.0 Å². The molecule has 1 aromatic heterocycles. The smallest absolute Gasteiger partial charge is 0.224 e. The van der Waals surface area contributed by atoms with E-state index in [-0.39, 0.29) is 5.91 Å². The van der Waals surface area contributed by atoms with Gasteiger partial charge in [0.2, 0.25) is 5.91 Å². The van der Waals surface area contributed by atoms with E-state index in [4.69, 9.17) is 0 Å². The number of piperidine rings is 3. The predicted molar refractivity (Wildman–Crippen MR) is 94.9 cm³/mol. The molecule has 2 atom stereocenters. The minimum Gasteiger partial charge on any atom is -0.351 e. The maximum Gasteiger partial charge on any atom is 0.224 e. The predicted octanol–water partition coefficient (Wildman–Crippen LogP) is 2.27. The largest absolute Gasteiger partial charge is 0.351 e. The monoisotopic (exact) mass is 326 g/mol. The molecular weight excluding hydrogens is 300 g/mol. The highest BCUT2D eigenvalue weighted by molar-refractivity contribution is 5.85. The van der Waals surface area contributed by atoms with E-state index in [1.807, 2.05) is 12.1 Å². The SMILES string of the molecule is CCc1[nH]nc2ccc(CC(=O)N[C@@H]3C4CCN(CC4)[C@@H]3C)cc12. The highest BCUT2D eigenvalue weighted by Crippen LogP contribution is 2.32. The Labute approximate surface area is 142 Å². The molecule has 3 saturated heterocycles. The lowest BCUT2D eigenvalue weighted by atomic mass is 9.79. The standard InChI is InChI=1S/C19H26N4O/c1-3-16-15-10-13(4-5-17(15)22-21-16)11-18(24)20-19-12(2)23-8-6-14(19)7-9-23/h4-5,10,12,14,19H,3,6-9,11H2,1-2H3,(H,20,24)(H,21,22)/t12-,19+/m1/s1. The fourth-order valence-electron chi connectivity index (χ4n) is 4.46. The van der Waals surface area contributed by atoms with Gasteiger partial charge in [-0.3, -0.25) is 14.8 Å². The van der Waals surface area contributed by atoms with Crippen molar-refractivity contribution in [3.05, 3.63) is 29.5 Å². The van der Waals surface area contributed by atoms with Crippen molar-refractivity contribution >= 4 is 16.8 Å². The summed E-state index contributed by atoms with van der Waals surface area (Å²) >= 11 is 0. The zero-order valence-corrected chi connectivity index (χ0v) is 14.5. The van der Waals surface area contributed by atoms with E-state index >= 15 is 0 Å². The van der Waals surface area contributed by atoms with Crippen LogP contribution in [0.4, 0.5) is 0 Å². The maximum atomic E-state index is 12.6. The van der Waals surface area contributed by atoms with E-state index in [2.05, 4.69) is 40.3 Å². The number of aryl methyl sites for hydroxylation is 1. The van der Waals surface area contributed by atoms with Crippen molar-refractivity contribution in [1.82, 2.24) is 20.4 Å². The van der Waals surface area contributed by atoms with Crippen molar-refractivity contribution < 1.29 is 4.79 Å². The fourth-order valence-corrected chi connectivity index (χ4v) is 4.46. The molecule has 3 aliphatic rings. The third kappa shape index (κ3) is 2.71. The van der Waals surface area contributed by atoms with Crippen molar-refractivity contribution in [2.24, 2.45) is 5.92 Å². The number of carbonyl (C=O) groups excluding carboxylic acids is 1. The number of rotatable bonds is 4. The molecular formula is C19H26N4O. The van der Waals surface area contributed by atoms with Crippen LogP contribution in [0, 0.1) is 5.92 Å². The van der Waals surface area contributed by atoms with Crippen LogP contribution >= 0.6 is 0 Å². The molecule has 0 spiro atoms. The van der Waals surface area contributed by atoms with Crippen LogP contribution in [-0.2, 0) is 17.6 Å². The number of fused-ring (bicyclic) bond motifs is 4. The molecule has 0 aliphatic carbocycles. The first kappa shape index (κ1) is 15.6. The van der Waals surface area contributed by atoms with Gasteiger partial charge in [-0.1, -0.05) is 13.0 Å². The quantitative estimate of drug-likeness (QED) is 0.906. The lowest BCUT2D eigenvalue weighted by molar-refractivity contribution is -0.123. The Bertz CT molecular complexity index is 743. The number of nitrogens with zero attached hydrogens (tertiary/aromatic N) is 2. The highest BCUT2D eigenvalue weighted by Gasteiger charge is 2.40. The molecule has 1 amide bonds. The summed E-state index contributed by atoms with van der Waals surface area (Å²) in [5.41, 5.74) is 3.17. The van der Waals surface area contributed by atoms with Crippen LogP contribution < -0.4 is 5.32 Å². The van der Waals surface area contributed by atoms with Crippen molar-refractivity contribution in [3.8, 4) is 0 Å². The molecule has 1 aromatic carbocycles. The first-order valence-corrected chi connectivity index (χ1v) is 9.15. The molecule has 0 unspecified atom stereocenters. The number of aromatic nitrogens is 2. The summed E-state index contributed by atoms with van der Waals surface area (Å²) in [6, 6.07) is 6.90. The zero-order valence-electron chi connectivity index (χ0n) is 14.5. The average molecular weight is 326 g/mol. The summed E-state index contributed by atoms with van der Waals surface area (Å²) < 4.78 is 0. The number of carbonyl (C=O) groups is 1. The number of amides is 1. The first-order chi connectivity index (χ1) is 11.7. The van der Waals surface area contributed by atoms with Crippen molar-refractivity contribution in [2.75, 3.05) is 13.1 Å². The third-order valence-electron chi connectivity index (χ3n) is 5.92. The molecule has 0 saturated carbocycles. The lowest BCUT2D eigenvalue weighted by Crippen LogP contribution is -2.62. The van der Waals surface area contributed by atoms with Crippen molar-refractivity contribution in [3.63, 3.8) is 0 Å². The van der Waals surface area contributed by atoms with E-state index in [0.29, 0.717) is 24.4 Å². The number of hydrogen-bond donors (Lipinski definition) is 2. The molecule has 3 aliphatic heterocycles. The van der Waals surface area contributed by atoms with Gasteiger partial charge in [-0.05, 0) is 62.9 Å². The Morgan fingerprint density at radius 3 is 2.88 bits per heavy atom. The second-order valence-corrected chi connectivity index (χ2v) is 7.29. The van der Waals surface area contributed by atoms with E-state index in [1.165, 1.54) is 25.9 Å². The van der Waals surface area contributed by atoms with Crippen LogP contribution in [0.5, 0.6) is 0 Å². The Kier molecular flexibility index (Phi) is 4.04. The molecule has 24 heavy (non-hydrogen) atoms. The molecule has 2 aromatic rings. The van der Waals surface area contributed by atoms with Crippen LogP contribution in [0.3, 0.4) is 0 Å². The highest BCUT2D eigenvalue weighted by atomic mass is 16.1. The Hall–Kier alpha value is -1.88.